The van der Waals surface area contributed by atoms with Crippen LogP contribution in [-0.4, -0.2) is 54.2 Å². The van der Waals surface area contributed by atoms with Crippen molar-refractivity contribution in [3.63, 3.8) is 0 Å². The monoisotopic (exact) mass is 471 g/mol. The third-order valence-corrected chi connectivity index (χ3v) is 7.29. The van der Waals surface area contributed by atoms with E-state index < -0.39 is 0 Å². The van der Waals surface area contributed by atoms with E-state index in [4.69, 9.17) is 40.2 Å². The number of benzene rings is 1. The van der Waals surface area contributed by atoms with Crippen molar-refractivity contribution in [2.75, 3.05) is 38.6 Å². The summed E-state index contributed by atoms with van der Waals surface area (Å²) in [5.41, 5.74) is 2.44. The lowest BCUT2D eigenvalue weighted by molar-refractivity contribution is 0.0601. The minimum atomic E-state index is -0.349. The molecule has 0 atom stereocenters. The Kier molecular flexibility index (Phi) is 7.40. The molecule has 0 bridgehead atoms. The van der Waals surface area contributed by atoms with Gasteiger partial charge in [-0.3, -0.25) is 4.90 Å². The summed E-state index contributed by atoms with van der Waals surface area (Å²) < 4.78 is 4.93. The van der Waals surface area contributed by atoms with Crippen LogP contribution in [0.1, 0.15) is 26.4 Å². The topological polar surface area (TPSA) is 44.8 Å². The summed E-state index contributed by atoms with van der Waals surface area (Å²) >= 11 is 19.7. The molecule has 1 N–H and O–H groups in total. The van der Waals surface area contributed by atoms with Crippen molar-refractivity contribution in [1.29, 1.82) is 0 Å². The summed E-state index contributed by atoms with van der Waals surface area (Å²) in [5.74, 6) is -0.349. The first kappa shape index (κ1) is 22.3. The Bertz CT molecular complexity index is 904. The van der Waals surface area contributed by atoms with Gasteiger partial charge in [0.2, 0.25) is 0 Å². The predicted molar refractivity (Wildman–Crippen MR) is 125 cm³/mol. The van der Waals surface area contributed by atoms with Crippen molar-refractivity contribution in [3.05, 3.63) is 49.8 Å². The number of ether oxygens (including phenoxy) is 1. The van der Waals surface area contributed by atoms with E-state index in [0.29, 0.717) is 27.3 Å². The number of hydrogen-bond donors (Lipinski definition) is 1. The number of carbonyl (C=O) groups excluding carboxylic acids is 1. The molecule has 29 heavy (non-hydrogen) atoms. The van der Waals surface area contributed by atoms with Crippen LogP contribution in [0.3, 0.4) is 0 Å². The highest BCUT2D eigenvalue weighted by Gasteiger charge is 2.24. The SMILES string of the molecule is COC(=O)c1c(NC(=S)N2CCN(Cc3c(Cl)cccc3Cl)CC2)sc(C)c1C. The number of thiocarbonyl (C=S) groups is 1. The van der Waals surface area contributed by atoms with Gasteiger partial charge >= 0.3 is 5.97 Å². The number of esters is 1. The van der Waals surface area contributed by atoms with Crippen LogP contribution >= 0.6 is 46.8 Å². The average molecular weight is 472 g/mol. The molecule has 0 unspecified atom stereocenters. The molecule has 0 saturated carbocycles. The van der Waals surface area contributed by atoms with Gasteiger partial charge < -0.3 is 15.0 Å². The van der Waals surface area contributed by atoms with Crippen LogP contribution in [0.25, 0.3) is 0 Å². The van der Waals surface area contributed by atoms with Crippen LogP contribution in [0.2, 0.25) is 10.0 Å². The second kappa shape index (κ2) is 9.62. The van der Waals surface area contributed by atoms with Gasteiger partial charge in [0.05, 0.1) is 12.7 Å². The van der Waals surface area contributed by atoms with Crippen LogP contribution in [0, 0.1) is 13.8 Å². The van der Waals surface area contributed by atoms with Crippen molar-refractivity contribution in [2.45, 2.75) is 20.4 Å². The fourth-order valence-corrected chi connectivity index (χ4v) is 5.17. The maximum atomic E-state index is 12.2. The zero-order valence-corrected chi connectivity index (χ0v) is 19.7. The van der Waals surface area contributed by atoms with Crippen molar-refractivity contribution in [2.24, 2.45) is 0 Å². The predicted octanol–water partition coefficient (Wildman–Crippen LogP) is 4.97. The minimum Gasteiger partial charge on any atom is -0.465 e. The number of halogens is 2. The summed E-state index contributed by atoms with van der Waals surface area (Å²) in [6.45, 7) is 7.87. The number of hydrogen-bond acceptors (Lipinski definition) is 5. The van der Waals surface area contributed by atoms with Gasteiger partial charge in [-0.15, -0.1) is 11.3 Å². The Morgan fingerprint density at radius 1 is 1.21 bits per heavy atom. The smallest absolute Gasteiger partial charge is 0.341 e. The molecule has 9 heteroatoms. The molecule has 3 rings (SSSR count). The van der Waals surface area contributed by atoms with E-state index in [9.17, 15) is 4.79 Å². The summed E-state index contributed by atoms with van der Waals surface area (Å²) in [7, 11) is 1.39. The van der Waals surface area contributed by atoms with Gasteiger partial charge in [0.25, 0.3) is 0 Å². The normalized spacial score (nSPS) is 14.7. The van der Waals surface area contributed by atoms with Crippen molar-refractivity contribution >= 4 is 62.8 Å². The van der Waals surface area contributed by atoms with Crippen molar-refractivity contribution < 1.29 is 9.53 Å². The van der Waals surface area contributed by atoms with Gasteiger partial charge in [-0.05, 0) is 43.8 Å². The quantitative estimate of drug-likeness (QED) is 0.501. The zero-order valence-electron chi connectivity index (χ0n) is 16.6. The summed E-state index contributed by atoms with van der Waals surface area (Å²) in [4.78, 5) is 17.7. The molecular formula is C20H23Cl2N3O2S2. The van der Waals surface area contributed by atoms with Crippen LogP contribution in [0.15, 0.2) is 18.2 Å². The third kappa shape index (κ3) is 5.03. The van der Waals surface area contributed by atoms with E-state index in [1.54, 1.807) is 0 Å². The molecule has 1 aliphatic heterocycles. The number of thiophene rings is 1. The molecule has 1 aromatic carbocycles. The fourth-order valence-electron chi connectivity index (χ4n) is 3.26. The number of nitrogens with one attached hydrogen (secondary N) is 1. The van der Waals surface area contributed by atoms with E-state index in [1.807, 2.05) is 32.0 Å². The van der Waals surface area contributed by atoms with Crippen LogP contribution in [-0.2, 0) is 11.3 Å². The average Bonchev–Trinajstić information content (AvgIpc) is 2.98. The van der Waals surface area contributed by atoms with Gasteiger partial charge in [-0.25, -0.2) is 4.79 Å². The first-order valence-electron chi connectivity index (χ1n) is 9.21. The number of piperazine rings is 1. The number of aryl methyl sites for hydroxylation is 1. The number of anilines is 1. The molecule has 1 saturated heterocycles. The first-order valence-corrected chi connectivity index (χ1v) is 11.2. The zero-order chi connectivity index (χ0) is 21.1. The standard InChI is InChI=1S/C20H23Cl2N3O2S2/c1-12-13(2)29-18(17(12)19(26)27-3)23-20(28)25-9-7-24(8-10-25)11-14-15(21)5-4-6-16(14)22/h4-6H,7-11H2,1-3H3,(H,23,28). The Hall–Kier alpha value is -1.38. The van der Waals surface area contributed by atoms with E-state index in [2.05, 4.69) is 15.1 Å². The lowest BCUT2D eigenvalue weighted by atomic mass is 10.1. The first-order chi connectivity index (χ1) is 13.8. The van der Waals surface area contributed by atoms with Gasteiger partial charge in [-0.2, -0.15) is 0 Å². The molecule has 0 amide bonds. The van der Waals surface area contributed by atoms with E-state index in [1.165, 1.54) is 18.4 Å². The highest BCUT2D eigenvalue weighted by atomic mass is 35.5. The molecule has 0 aliphatic carbocycles. The van der Waals surface area contributed by atoms with Gasteiger partial charge in [0, 0.05) is 53.2 Å². The molecule has 1 aromatic heterocycles. The summed E-state index contributed by atoms with van der Waals surface area (Å²) in [6.07, 6.45) is 0. The third-order valence-electron chi connectivity index (χ3n) is 5.10. The van der Waals surface area contributed by atoms with Crippen molar-refractivity contribution in [3.8, 4) is 0 Å². The lowest BCUT2D eigenvalue weighted by Gasteiger charge is -2.36. The Labute approximate surface area is 190 Å². The van der Waals surface area contributed by atoms with Crippen molar-refractivity contribution in [1.82, 2.24) is 9.80 Å². The summed E-state index contributed by atoms with van der Waals surface area (Å²) in [5, 5.41) is 5.99. The van der Waals surface area contributed by atoms with E-state index in [0.717, 1.165) is 47.2 Å². The highest BCUT2D eigenvalue weighted by molar-refractivity contribution is 7.80. The lowest BCUT2D eigenvalue weighted by Crippen LogP contribution is -2.49. The van der Waals surface area contributed by atoms with E-state index in [-0.39, 0.29) is 5.97 Å². The molecular weight excluding hydrogens is 449 g/mol. The Morgan fingerprint density at radius 2 is 1.83 bits per heavy atom. The molecule has 156 valence electrons. The molecule has 1 fully saturated rings. The summed E-state index contributed by atoms with van der Waals surface area (Å²) in [6, 6.07) is 5.58. The van der Waals surface area contributed by atoms with Gasteiger partial charge in [0.15, 0.2) is 5.11 Å². The van der Waals surface area contributed by atoms with Gasteiger partial charge in [0.1, 0.15) is 5.00 Å². The molecule has 0 spiro atoms. The minimum absolute atomic E-state index is 0.349. The van der Waals surface area contributed by atoms with Gasteiger partial charge in [-0.1, -0.05) is 29.3 Å². The van der Waals surface area contributed by atoms with Crippen LogP contribution in [0.5, 0.6) is 0 Å². The molecule has 2 heterocycles. The maximum Gasteiger partial charge on any atom is 0.341 e. The van der Waals surface area contributed by atoms with Crippen LogP contribution < -0.4 is 5.32 Å². The maximum absolute atomic E-state index is 12.2. The number of rotatable bonds is 4. The second-order valence-corrected chi connectivity index (χ2v) is 9.30. The molecule has 0 radical (unpaired) electrons. The largest absolute Gasteiger partial charge is 0.465 e. The molecule has 2 aromatic rings. The number of nitrogens with zero attached hydrogens (tertiary/aromatic N) is 2. The number of carbonyl (C=O) groups is 1. The van der Waals surface area contributed by atoms with E-state index >= 15 is 0 Å². The molecule has 1 aliphatic rings. The molecule has 5 nitrogen and oxygen atoms in total. The Balaban J connectivity index is 1.61. The highest BCUT2D eigenvalue weighted by Crippen LogP contribution is 2.33. The van der Waals surface area contributed by atoms with Crippen LogP contribution in [0.4, 0.5) is 5.00 Å². The second-order valence-electron chi connectivity index (χ2n) is 6.87. The Morgan fingerprint density at radius 3 is 2.41 bits per heavy atom. The number of methoxy groups -OCH3 is 1. The fraction of sp³-hybridized carbons (Fsp3) is 0.400.